The average Bonchev–Trinajstić information content (AvgIpc) is 2.85. The Hall–Kier alpha value is -2.05. The maximum Gasteiger partial charge on any atom is 0.316 e. The molecule has 2 aromatic carbocycles. The first kappa shape index (κ1) is 13.9. The topological polar surface area (TPSA) is 86.2 Å². The molecule has 0 aliphatic heterocycles. The van der Waals surface area contributed by atoms with Crippen LogP contribution in [-0.2, 0) is 15.6 Å². The first-order chi connectivity index (χ1) is 9.95. The van der Waals surface area contributed by atoms with Gasteiger partial charge in [0.25, 0.3) is 0 Å². The number of oxazole rings is 1. The third-order valence-corrected chi connectivity index (χ3v) is 4.73. The molecule has 3 rings (SSSR count). The Morgan fingerprint density at radius 1 is 1.19 bits per heavy atom. The van der Waals surface area contributed by atoms with Crippen molar-refractivity contribution in [2.75, 3.05) is 5.73 Å². The lowest BCUT2D eigenvalue weighted by Crippen LogP contribution is -2.05. The Labute approximate surface area is 126 Å². The van der Waals surface area contributed by atoms with Crippen LogP contribution in [0.5, 0.6) is 0 Å². The zero-order chi connectivity index (χ0) is 15.0. The van der Waals surface area contributed by atoms with E-state index in [1.54, 1.807) is 42.5 Å². The lowest BCUT2D eigenvalue weighted by Gasteiger charge is -2.02. The van der Waals surface area contributed by atoms with Crippen molar-refractivity contribution in [3.63, 3.8) is 0 Å². The van der Waals surface area contributed by atoms with Crippen molar-refractivity contribution >= 4 is 38.2 Å². The summed E-state index contributed by atoms with van der Waals surface area (Å²) in [7, 11) is -3.71. The van der Waals surface area contributed by atoms with Crippen molar-refractivity contribution < 1.29 is 12.8 Å². The minimum atomic E-state index is -3.71. The number of hydrogen-bond donors (Lipinski definition) is 1. The number of rotatable bonds is 3. The van der Waals surface area contributed by atoms with Crippen molar-refractivity contribution in [1.29, 1.82) is 0 Å². The van der Waals surface area contributed by atoms with E-state index in [-0.39, 0.29) is 11.0 Å². The van der Waals surface area contributed by atoms with Crippen LogP contribution in [0, 0.1) is 0 Å². The summed E-state index contributed by atoms with van der Waals surface area (Å²) in [5.74, 6) is -0.269. The molecule has 1 aromatic heterocycles. The molecule has 0 aliphatic carbocycles. The predicted molar refractivity (Wildman–Crippen MR) is 80.8 cm³/mol. The van der Waals surface area contributed by atoms with Gasteiger partial charge in [-0.3, -0.25) is 0 Å². The summed E-state index contributed by atoms with van der Waals surface area (Å²) in [6, 6.07) is 11.5. The number of nitrogen functional groups attached to an aromatic ring is 1. The summed E-state index contributed by atoms with van der Waals surface area (Å²) in [6.07, 6.45) is 0. The zero-order valence-electron chi connectivity index (χ0n) is 10.8. The molecule has 0 fully saturated rings. The van der Waals surface area contributed by atoms with Gasteiger partial charge in [-0.25, -0.2) is 8.42 Å². The van der Waals surface area contributed by atoms with Gasteiger partial charge >= 0.3 is 5.22 Å². The van der Waals surface area contributed by atoms with Crippen LogP contribution in [0.3, 0.4) is 0 Å². The molecule has 1 heterocycles. The molecule has 0 amide bonds. The highest BCUT2D eigenvalue weighted by Gasteiger charge is 2.23. The van der Waals surface area contributed by atoms with Crippen LogP contribution < -0.4 is 5.73 Å². The third-order valence-electron chi connectivity index (χ3n) is 2.96. The lowest BCUT2D eigenvalue weighted by molar-refractivity contribution is 0.458. The molecule has 3 aromatic rings. The molecule has 0 aliphatic rings. The molecule has 0 saturated heterocycles. The summed E-state index contributed by atoms with van der Waals surface area (Å²) >= 11 is 5.99. The van der Waals surface area contributed by atoms with Crippen LogP contribution in [0.2, 0.25) is 5.02 Å². The second-order valence-electron chi connectivity index (χ2n) is 4.56. The van der Waals surface area contributed by atoms with E-state index in [2.05, 4.69) is 4.98 Å². The van der Waals surface area contributed by atoms with Crippen LogP contribution in [0.25, 0.3) is 11.1 Å². The highest BCUT2D eigenvalue weighted by molar-refractivity contribution is 7.90. The number of nitrogens with zero attached hydrogens (tertiary/aromatic N) is 1. The van der Waals surface area contributed by atoms with E-state index in [9.17, 15) is 8.42 Å². The van der Waals surface area contributed by atoms with Gasteiger partial charge in [0.15, 0.2) is 5.58 Å². The number of sulfone groups is 1. The number of anilines is 1. The van der Waals surface area contributed by atoms with E-state index in [1.165, 1.54) is 0 Å². The Morgan fingerprint density at radius 2 is 1.95 bits per heavy atom. The quantitative estimate of drug-likeness (QED) is 0.749. The van der Waals surface area contributed by atoms with Gasteiger partial charge < -0.3 is 10.2 Å². The van der Waals surface area contributed by atoms with Gasteiger partial charge in [-0.1, -0.05) is 29.8 Å². The minimum Gasteiger partial charge on any atom is -0.428 e. The van der Waals surface area contributed by atoms with Gasteiger partial charge in [0.1, 0.15) is 5.52 Å². The number of fused-ring (bicyclic) bond motifs is 1. The second-order valence-corrected chi connectivity index (χ2v) is 6.83. The van der Waals surface area contributed by atoms with Crippen molar-refractivity contribution in [3.05, 3.63) is 53.1 Å². The molecular weight excluding hydrogens is 312 g/mol. The standard InChI is InChI=1S/C14H11ClN2O3S/c15-11-4-2-1-3-9(11)8-21(18,19)14-17-12-7-10(16)5-6-13(12)20-14/h1-7H,8,16H2. The summed E-state index contributed by atoms with van der Waals surface area (Å²) in [5, 5.41) is 0.0597. The predicted octanol–water partition coefficient (Wildman–Crippen LogP) is 3.04. The maximum absolute atomic E-state index is 12.4. The first-order valence-electron chi connectivity index (χ1n) is 6.08. The van der Waals surface area contributed by atoms with Crippen LogP contribution in [0.15, 0.2) is 52.1 Å². The summed E-state index contributed by atoms with van der Waals surface area (Å²) in [4.78, 5) is 3.99. The summed E-state index contributed by atoms with van der Waals surface area (Å²) in [6.45, 7) is 0. The highest BCUT2D eigenvalue weighted by atomic mass is 35.5. The highest BCUT2D eigenvalue weighted by Crippen LogP contribution is 2.25. The van der Waals surface area contributed by atoms with Gasteiger partial charge in [0.05, 0.1) is 5.75 Å². The Morgan fingerprint density at radius 3 is 2.71 bits per heavy atom. The fraction of sp³-hybridized carbons (Fsp3) is 0.0714. The fourth-order valence-electron chi connectivity index (χ4n) is 1.94. The van der Waals surface area contributed by atoms with E-state index in [0.717, 1.165) is 0 Å². The molecule has 0 unspecified atom stereocenters. The van der Waals surface area contributed by atoms with E-state index < -0.39 is 9.84 Å². The third kappa shape index (κ3) is 2.72. The SMILES string of the molecule is Nc1ccc2oc(S(=O)(=O)Cc3ccccc3Cl)nc2c1. The molecule has 2 N–H and O–H groups in total. The Balaban J connectivity index is 2.02. The lowest BCUT2D eigenvalue weighted by atomic mass is 10.2. The average molecular weight is 323 g/mol. The van der Waals surface area contributed by atoms with E-state index >= 15 is 0 Å². The van der Waals surface area contributed by atoms with Crippen LogP contribution in [0.4, 0.5) is 5.69 Å². The summed E-state index contributed by atoms with van der Waals surface area (Å²) in [5.41, 5.74) is 7.42. The number of halogens is 1. The van der Waals surface area contributed by atoms with E-state index in [1.807, 2.05) is 0 Å². The normalized spacial score (nSPS) is 11.9. The molecule has 5 nitrogen and oxygen atoms in total. The molecule has 0 spiro atoms. The molecule has 0 bridgehead atoms. The van der Waals surface area contributed by atoms with Crippen LogP contribution in [-0.4, -0.2) is 13.4 Å². The van der Waals surface area contributed by atoms with Gasteiger partial charge in [-0.2, -0.15) is 4.98 Å². The molecular formula is C14H11ClN2O3S. The minimum absolute atomic E-state index is 0.269. The molecule has 0 radical (unpaired) electrons. The Kier molecular flexibility index (Phi) is 3.35. The van der Waals surface area contributed by atoms with Crippen molar-refractivity contribution in [3.8, 4) is 0 Å². The molecule has 7 heteroatoms. The first-order valence-corrected chi connectivity index (χ1v) is 8.11. The van der Waals surface area contributed by atoms with Crippen LogP contribution in [0.1, 0.15) is 5.56 Å². The van der Waals surface area contributed by atoms with Gasteiger partial charge in [-0.05, 0) is 29.8 Å². The largest absolute Gasteiger partial charge is 0.428 e. The number of benzene rings is 2. The molecule has 108 valence electrons. The summed E-state index contributed by atoms with van der Waals surface area (Å²) < 4.78 is 30.0. The van der Waals surface area contributed by atoms with Crippen LogP contribution >= 0.6 is 11.6 Å². The molecule has 21 heavy (non-hydrogen) atoms. The monoisotopic (exact) mass is 322 g/mol. The van der Waals surface area contributed by atoms with Gasteiger partial charge in [0, 0.05) is 10.7 Å². The van der Waals surface area contributed by atoms with Gasteiger partial charge in [-0.15, -0.1) is 0 Å². The number of nitrogens with two attached hydrogens (primary N) is 1. The van der Waals surface area contributed by atoms with Gasteiger partial charge in [0.2, 0.25) is 9.84 Å². The van der Waals surface area contributed by atoms with Crippen molar-refractivity contribution in [2.24, 2.45) is 0 Å². The van der Waals surface area contributed by atoms with Crippen molar-refractivity contribution in [1.82, 2.24) is 4.98 Å². The van der Waals surface area contributed by atoms with E-state index in [0.29, 0.717) is 27.4 Å². The number of hydrogen-bond acceptors (Lipinski definition) is 5. The zero-order valence-corrected chi connectivity index (χ0v) is 12.4. The van der Waals surface area contributed by atoms with Crippen molar-refractivity contribution in [2.45, 2.75) is 11.0 Å². The number of aromatic nitrogens is 1. The smallest absolute Gasteiger partial charge is 0.316 e. The molecule has 0 saturated carbocycles. The Bertz CT molecular complexity index is 919. The maximum atomic E-state index is 12.4. The van der Waals surface area contributed by atoms with E-state index in [4.69, 9.17) is 21.8 Å². The second kappa shape index (κ2) is 5.05. The fourth-order valence-corrected chi connectivity index (χ4v) is 3.46. The molecule has 0 atom stereocenters.